The Labute approximate surface area is 127 Å². The molecule has 112 valence electrons. The molecule has 2 aromatic heterocycles. The van der Waals surface area contributed by atoms with Crippen LogP contribution in [0.2, 0.25) is 0 Å². The monoisotopic (exact) mass is 296 g/mol. The molecule has 0 bridgehead atoms. The molecule has 0 aliphatic carbocycles. The summed E-state index contributed by atoms with van der Waals surface area (Å²) in [6.07, 6.45) is 1.68. The zero-order chi connectivity index (χ0) is 15.1. The van der Waals surface area contributed by atoms with Gasteiger partial charge < -0.3 is 10.2 Å². The van der Waals surface area contributed by atoms with Gasteiger partial charge in [0.2, 0.25) is 0 Å². The number of aromatic nitrogens is 4. The molecule has 0 atom stereocenters. The van der Waals surface area contributed by atoms with E-state index in [2.05, 4.69) is 20.5 Å². The lowest BCUT2D eigenvalue weighted by Gasteiger charge is -2.27. The number of aryl methyl sites for hydroxylation is 1. The van der Waals surface area contributed by atoms with Crippen molar-refractivity contribution in [3.63, 3.8) is 0 Å². The molecule has 1 fully saturated rings. The van der Waals surface area contributed by atoms with Gasteiger partial charge in [-0.15, -0.1) is 10.2 Å². The fourth-order valence-electron chi connectivity index (χ4n) is 2.89. The molecule has 0 unspecified atom stereocenters. The van der Waals surface area contributed by atoms with E-state index in [0.29, 0.717) is 11.2 Å². The summed E-state index contributed by atoms with van der Waals surface area (Å²) in [5.41, 5.74) is 3.08. The average molecular weight is 296 g/mol. The second-order valence-corrected chi connectivity index (χ2v) is 5.44. The minimum Gasteiger partial charge on any atom is -0.336 e. The van der Waals surface area contributed by atoms with Gasteiger partial charge in [-0.2, -0.15) is 0 Å². The zero-order valence-electron chi connectivity index (χ0n) is 12.3. The number of fused-ring (bicyclic) bond motifs is 3. The molecule has 0 radical (unpaired) electrons. The molecule has 7 nitrogen and oxygen atoms in total. The van der Waals surface area contributed by atoms with Crippen LogP contribution in [0.3, 0.4) is 0 Å². The van der Waals surface area contributed by atoms with Crippen LogP contribution >= 0.6 is 0 Å². The Bertz CT molecular complexity index is 865. The normalized spacial score (nSPS) is 15.6. The summed E-state index contributed by atoms with van der Waals surface area (Å²) in [4.78, 5) is 18.8. The van der Waals surface area contributed by atoms with Crippen LogP contribution in [0.5, 0.6) is 0 Å². The Morgan fingerprint density at radius 1 is 1.23 bits per heavy atom. The van der Waals surface area contributed by atoms with E-state index in [1.54, 1.807) is 6.20 Å². The van der Waals surface area contributed by atoms with E-state index in [9.17, 15) is 4.79 Å². The number of amides is 1. The first-order chi connectivity index (χ1) is 10.7. The molecule has 3 heterocycles. The van der Waals surface area contributed by atoms with Crippen molar-refractivity contribution in [2.24, 2.45) is 0 Å². The van der Waals surface area contributed by atoms with Gasteiger partial charge in [-0.25, -0.2) is 0 Å². The van der Waals surface area contributed by atoms with Crippen molar-refractivity contribution in [1.82, 2.24) is 29.8 Å². The first kappa shape index (κ1) is 13.1. The molecule has 1 amide bonds. The number of nitrogens with zero attached hydrogens (tertiary/aromatic N) is 5. The van der Waals surface area contributed by atoms with E-state index in [4.69, 9.17) is 0 Å². The van der Waals surface area contributed by atoms with Crippen LogP contribution in [-0.2, 0) is 0 Å². The molecule has 3 aromatic rings. The van der Waals surface area contributed by atoms with Gasteiger partial charge in [0.15, 0.2) is 5.65 Å². The Hall–Kier alpha value is -2.54. The third kappa shape index (κ3) is 2.01. The topological polar surface area (TPSA) is 75.4 Å². The maximum atomic E-state index is 12.6. The smallest absolute Gasteiger partial charge is 0.254 e. The van der Waals surface area contributed by atoms with Gasteiger partial charge in [0.1, 0.15) is 5.82 Å². The van der Waals surface area contributed by atoms with Crippen LogP contribution < -0.4 is 5.32 Å². The molecule has 7 heteroatoms. The Morgan fingerprint density at radius 2 is 2.05 bits per heavy atom. The van der Waals surface area contributed by atoms with Crippen molar-refractivity contribution in [3.05, 3.63) is 35.8 Å². The van der Waals surface area contributed by atoms with Crippen molar-refractivity contribution >= 4 is 22.6 Å². The quantitative estimate of drug-likeness (QED) is 0.713. The minimum absolute atomic E-state index is 0.0609. The summed E-state index contributed by atoms with van der Waals surface area (Å²) in [7, 11) is 0. The maximum Gasteiger partial charge on any atom is 0.254 e. The van der Waals surface area contributed by atoms with Crippen molar-refractivity contribution in [2.75, 3.05) is 26.2 Å². The van der Waals surface area contributed by atoms with Crippen LogP contribution in [0.1, 0.15) is 16.2 Å². The average Bonchev–Trinajstić information content (AvgIpc) is 2.96. The highest BCUT2D eigenvalue weighted by Gasteiger charge is 2.18. The van der Waals surface area contributed by atoms with Gasteiger partial charge in [0.05, 0.1) is 17.2 Å². The Balaban J connectivity index is 1.78. The predicted molar refractivity (Wildman–Crippen MR) is 81.8 cm³/mol. The molecule has 1 N–H and O–H groups in total. The van der Waals surface area contributed by atoms with Crippen molar-refractivity contribution in [2.45, 2.75) is 6.92 Å². The van der Waals surface area contributed by atoms with Crippen LogP contribution in [0.15, 0.2) is 24.4 Å². The molecule has 22 heavy (non-hydrogen) atoms. The molecule has 1 aromatic carbocycles. The summed E-state index contributed by atoms with van der Waals surface area (Å²) in [6.45, 7) is 5.08. The second kappa shape index (κ2) is 5.03. The van der Waals surface area contributed by atoms with Crippen molar-refractivity contribution in [1.29, 1.82) is 0 Å². The SMILES string of the molecule is Cc1nnc2cnc3cc(C(=O)N4CCNCC4)ccc3n12. The van der Waals surface area contributed by atoms with E-state index in [1.165, 1.54) is 0 Å². The van der Waals surface area contributed by atoms with Crippen LogP contribution in [0, 0.1) is 6.92 Å². The molecule has 0 saturated carbocycles. The van der Waals surface area contributed by atoms with Gasteiger partial charge in [-0.1, -0.05) is 0 Å². The number of rotatable bonds is 1. The van der Waals surface area contributed by atoms with E-state index in [-0.39, 0.29) is 5.91 Å². The molecular formula is C15H16N6O. The Kier molecular flexibility index (Phi) is 3.00. The summed E-state index contributed by atoms with van der Waals surface area (Å²) in [5, 5.41) is 11.4. The molecule has 0 spiro atoms. The van der Waals surface area contributed by atoms with Gasteiger partial charge >= 0.3 is 0 Å². The van der Waals surface area contributed by atoms with Gasteiger partial charge in [-0.05, 0) is 25.1 Å². The standard InChI is InChI=1S/C15H16N6O/c1-10-18-19-14-9-17-12-8-11(2-3-13(12)21(10)14)15(22)20-6-4-16-5-7-20/h2-3,8-9,16H,4-7H2,1H3. The lowest BCUT2D eigenvalue weighted by molar-refractivity contribution is 0.0736. The fourth-order valence-corrected chi connectivity index (χ4v) is 2.89. The van der Waals surface area contributed by atoms with Crippen molar-refractivity contribution in [3.8, 4) is 0 Å². The molecule has 4 rings (SSSR count). The van der Waals surface area contributed by atoms with E-state index in [1.807, 2.05) is 34.4 Å². The van der Waals surface area contributed by atoms with Crippen molar-refractivity contribution < 1.29 is 4.79 Å². The van der Waals surface area contributed by atoms with Gasteiger partial charge in [0, 0.05) is 31.7 Å². The van der Waals surface area contributed by atoms with Crippen LogP contribution in [0.25, 0.3) is 16.7 Å². The number of nitrogens with one attached hydrogen (secondary N) is 1. The molecular weight excluding hydrogens is 280 g/mol. The Morgan fingerprint density at radius 3 is 2.86 bits per heavy atom. The van der Waals surface area contributed by atoms with E-state index >= 15 is 0 Å². The number of benzene rings is 1. The number of piperazine rings is 1. The van der Waals surface area contributed by atoms with Crippen LogP contribution in [0.4, 0.5) is 0 Å². The van der Waals surface area contributed by atoms with E-state index in [0.717, 1.165) is 43.0 Å². The van der Waals surface area contributed by atoms with Gasteiger partial charge in [-0.3, -0.25) is 14.2 Å². The summed E-state index contributed by atoms with van der Waals surface area (Å²) >= 11 is 0. The first-order valence-corrected chi connectivity index (χ1v) is 7.34. The first-order valence-electron chi connectivity index (χ1n) is 7.34. The minimum atomic E-state index is 0.0609. The zero-order valence-corrected chi connectivity index (χ0v) is 12.3. The number of hydrogen-bond acceptors (Lipinski definition) is 5. The van der Waals surface area contributed by atoms with Gasteiger partial charge in [0.25, 0.3) is 5.91 Å². The highest BCUT2D eigenvalue weighted by Crippen LogP contribution is 2.18. The molecule has 1 aliphatic rings. The summed E-state index contributed by atoms with van der Waals surface area (Å²) in [5.74, 6) is 0.870. The predicted octanol–water partition coefficient (Wildman–Crippen LogP) is 0.631. The van der Waals surface area contributed by atoms with E-state index < -0.39 is 0 Å². The third-order valence-electron chi connectivity index (χ3n) is 4.04. The maximum absolute atomic E-state index is 12.6. The number of carbonyl (C=O) groups excluding carboxylic acids is 1. The number of carbonyl (C=O) groups is 1. The summed E-state index contributed by atoms with van der Waals surface area (Å²) in [6, 6.07) is 5.62. The highest BCUT2D eigenvalue weighted by molar-refractivity contribution is 5.97. The number of hydrogen-bond donors (Lipinski definition) is 1. The molecule has 1 aliphatic heterocycles. The second-order valence-electron chi connectivity index (χ2n) is 5.44. The third-order valence-corrected chi connectivity index (χ3v) is 4.04. The lowest BCUT2D eigenvalue weighted by Crippen LogP contribution is -2.46. The van der Waals surface area contributed by atoms with Crippen LogP contribution in [-0.4, -0.2) is 56.6 Å². The largest absolute Gasteiger partial charge is 0.336 e. The fraction of sp³-hybridized carbons (Fsp3) is 0.333. The summed E-state index contributed by atoms with van der Waals surface area (Å²) < 4.78 is 1.95. The molecule has 1 saturated heterocycles. The lowest BCUT2D eigenvalue weighted by atomic mass is 10.1. The highest BCUT2D eigenvalue weighted by atomic mass is 16.2.